The number of nitro benzene ring substituents is 1. The van der Waals surface area contributed by atoms with Gasteiger partial charge in [-0.1, -0.05) is 51.7 Å². The zero-order valence-electron chi connectivity index (χ0n) is 15.5. The fourth-order valence-corrected chi connectivity index (χ4v) is 2.93. The maximum absolute atomic E-state index is 10.7. The van der Waals surface area contributed by atoms with Crippen LogP contribution in [0.25, 0.3) is 0 Å². The third-order valence-corrected chi connectivity index (χ3v) is 4.49. The molecule has 0 heterocycles. The molecule has 4 heteroatoms. The summed E-state index contributed by atoms with van der Waals surface area (Å²) in [5.74, 6) is 0. The van der Waals surface area contributed by atoms with Crippen molar-refractivity contribution >= 4 is 5.69 Å². The largest absolute Gasteiger partial charge is 0.303 e. The van der Waals surface area contributed by atoms with Crippen molar-refractivity contribution in [2.24, 2.45) is 0 Å². The molecule has 0 aliphatic heterocycles. The van der Waals surface area contributed by atoms with Crippen LogP contribution >= 0.6 is 0 Å². The first-order valence-corrected chi connectivity index (χ1v) is 9.63. The molecular weight excluding hydrogens is 300 g/mol. The first kappa shape index (κ1) is 20.6. The van der Waals surface area contributed by atoms with Crippen molar-refractivity contribution in [2.45, 2.75) is 71.6 Å². The summed E-state index contributed by atoms with van der Waals surface area (Å²) in [4.78, 5) is 12.9. The predicted octanol–water partition coefficient (Wildman–Crippen LogP) is 5.60. The molecule has 1 aromatic carbocycles. The van der Waals surface area contributed by atoms with Crippen LogP contribution in [0.5, 0.6) is 0 Å². The Morgan fingerprint density at radius 2 is 1.42 bits per heavy atom. The zero-order chi connectivity index (χ0) is 17.6. The molecule has 24 heavy (non-hydrogen) atoms. The number of hydrogen-bond donors (Lipinski definition) is 0. The van der Waals surface area contributed by atoms with Gasteiger partial charge in [0, 0.05) is 12.1 Å². The van der Waals surface area contributed by atoms with Crippen molar-refractivity contribution in [1.29, 1.82) is 0 Å². The summed E-state index contributed by atoms with van der Waals surface area (Å²) in [6, 6.07) is 6.99. The maximum Gasteiger partial charge on any atom is 0.269 e. The molecule has 0 unspecified atom stereocenters. The quantitative estimate of drug-likeness (QED) is 0.253. The number of nitro groups is 1. The number of rotatable bonds is 14. The summed E-state index contributed by atoms with van der Waals surface area (Å²) < 4.78 is 0. The average molecular weight is 335 g/mol. The van der Waals surface area contributed by atoms with E-state index in [2.05, 4.69) is 18.7 Å². The lowest BCUT2D eigenvalue weighted by Gasteiger charge is -2.22. The summed E-state index contributed by atoms with van der Waals surface area (Å²) in [6.07, 6.45) is 11.2. The summed E-state index contributed by atoms with van der Waals surface area (Å²) in [5, 5.41) is 10.7. The molecule has 0 amide bonds. The highest BCUT2D eigenvalue weighted by Gasteiger charge is 2.06. The topological polar surface area (TPSA) is 46.4 Å². The number of benzene rings is 1. The van der Waals surface area contributed by atoms with Crippen LogP contribution < -0.4 is 0 Å². The van der Waals surface area contributed by atoms with Gasteiger partial charge in [-0.3, -0.25) is 10.1 Å². The molecule has 0 aliphatic carbocycles. The second kappa shape index (κ2) is 12.9. The minimum Gasteiger partial charge on any atom is -0.303 e. The molecule has 0 bridgehead atoms. The molecule has 1 rings (SSSR count). The van der Waals surface area contributed by atoms with E-state index >= 15 is 0 Å². The molecular formula is C20H34N2O2. The van der Waals surface area contributed by atoms with E-state index in [1.54, 1.807) is 12.1 Å². The van der Waals surface area contributed by atoms with E-state index in [4.69, 9.17) is 0 Å². The third-order valence-electron chi connectivity index (χ3n) is 4.49. The Labute approximate surface area is 147 Å². The van der Waals surface area contributed by atoms with E-state index < -0.39 is 0 Å². The van der Waals surface area contributed by atoms with E-state index in [1.807, 2.05) is 12.1 Å². The van der Waals surface area contributed by atoms with Crippen LogP contribution in [0.1, 0.15) is 70.8 Å². The van der Waals surface area contributed by atoms with Crippen molar-refractivity contribution in [3.63, 3.8) is 0 Å². The van der Waals surface area contributed by atoms with Gasteiger partial charge in [0.15, 0.2) is 0 Å². The standard InChI is InChI=1S/C20H34N2O2/c1-3-5-7-9-17-21(16-6-4-2)18-10-8-11-19-12-14-20(15-13-19)22(23)24/h12-15H,3-11,16-18H2,1-2H3. The van der Waals surface area contributed by atoms with E-state index in [1.165, 1.54) is 70.1 Å². The van der Waals surface area contributed by atoms with Crippen molar-refractivity contribution in [2.75, 3.05) is 19.6 Å². The van der Waals surface area contributed by atoms with Gasteiger partial charge >= 0.3 is 0 Å². The highest BCUT2D eigenvalue weighted by atomic mass is 16.6. The Kier molecular flexibility index (Phi) is 11.1. The highest BCUT2D eigenvalue weighted by molar-refractivity contribution is 5.32. The molecule has 0 fully saturated rings. The molecule has 0 saturated heterocycles. The van der Waals surface area contributed by atoms with Gasteiger partial charge in [0.05, 0.1) is 4.92 Å². The first-order valence-electron chi connectivity index (χ1n) is 9.63. The molecule has 0 radical (unpaired) electrons. The molecule has 0 aromatic heterocycles. The van der Waals surface area contributed by atoms with Gasteiger partial charge < -0.3 is 4.90 Å². The van der Waals surface area contributed by atoms with Crippen LogP contribution in [0.15, 0.2) is 24.3 Å². The van der Waals surface area contributed by atoms with E-state index in [-0.39, 0.29) is 10.6 Å². The summed E-state index contributed by atoms with van der Waals surface area (Å²) >= 11 is 0. The second-order valence-electron chi connectivity index (χ2n) is 6.64. The van der Waals surface area contributed by atoms with Crippen LogP contribution in [0.4, 0.5) is 5.69 Å². The van der Waals surface area contributed by atoms with Crippen molar-refractivity contribution in [3.8, 4) is 0 Å². The summed E-state index contributed by atoms with van der Waals surface area (Å²) in [6.45, 7) is 8.15. The minimum absolute atomic E-state index is 0.177. The van der Waals surface area contributed by atoms with Crippen LogP contribution in [0, 0.1) is 10.1 Å². The van der Waals surface area contributed by atoms with Crippen molar-refractivity contribution in [1.82, 2.24) is 4.90 Å². The lowest BCUT2D eigenvalue weighted by atomic mass is 10.1. The Morgan fingerprint density at radius 3 is 2.00 bits per heavy atom. The predicted molar refractivity (Wildman–Crippen MR) is 102 cm³/mol. The van der Waals surface area contributed by atoms with Crippen molar-refractivity contribution in [3.05, 3.63) is 39.9 Å². The van der Waals surface area contributed by atoms with E-state index in [0.717, 1.165) is 12.8 Å². The molecule has 0 saturated carbocycles. The maximum atomic E-state index is 10.7. The Balaban J connectivity index is 2.26. The second-order valence-corrected chi connectivity index (χ2v) is 6.64. The third kappa shape index (κ3) is 9.02. The summed E-state index contributed by atoms with van der Waals surface area (Å²) in [5.41, 5.74) is 1.38. The number of hydrogen-bond acceptors (Lipinski definition) is 3. The van der Waals surface area contributed by atoms with Gasteiger partial charge in [0.1, 0.15) is 0 Å². The van der Waals surface area contributed by atoms with Crippen LogP contribution in [-0.4, -0.2) is 29.5 Å². The van der Waals surface area contributed by atoms with Gasteiger partial charge in [-0.25, -0.2) is 0 Å². The highest BCUT2D eigenvalue weighted by Crippen LogP contribution is 2.14. The van der Waals surface area contributed by atoms with E-state index in [0.29, 0.717) is 0 Å². The first-order chi connectivity index (χ1) is 11.7. The monoisotopic (exact) mass is 334 g/mol. The Morgan fingerprint density at radius 1 is 0.833 bits per heavy atom. The molecule has 1 aromatic rings. The molecule has 0 N–H and O–H groups in total. The number of unbranched alkanes of at least 4 members (excludes halogenated alkanes) is 5. The lowest BCUT2D eigenvalue weighted by Crippen LogP contribution is -2.27. The fraction of sp³-hybridized carbons (Fsp3) is 0.700. The molecule has 0 spiro atoms. The number of aryl methyl sites for hydroxylation is 1. The van der Waals surface area contributed by atoms with Gasteiger partial charge in [-0.15, -0.1) is 0 Å². The molecule has 0 atom stereocenters. The lowest BCUT2D eigenvalue weighted by molar-refractivity contribution is -0.384. The normalized spacial score (nSPS) is 11.1. The molecule has 0 aliphatic rings. The van der Waals surface area contributed by atoms with Gasteiger partial charge in [-0.05, 0) is 57.3 Å². The summed E-state index contributed by atoms with van der Waals surface area (Å²) in [7, 11) is 0. The number of nitrogens with zero attached hydrogens (tertiary/aromatic N) is 2. The van der Waals surface area contributed by atoms with Crippen LogP contribution in [-0.2, 0) is 6.42 Å². The van der Waals surface area contributed by atoms with Gasteiger partial charge in [0.2, 0.25) is 0 Å². The van der Waals surface area contributed by atoms with E-state index in [9.17, 15) is 10.1 Å². The SMILES string of the molecule is CCCCCCN(CCCC)CCCCc1ccc([N+](=O)[O-])cc1. The van der Waals surface area contributed by atoms with Gasteiger partial charge in [0.25, 0.3) is 5.69 Å². The van der Waals surface area contributed by atoms with Crippen molar-refractivity contribution < 1.29 is 4.92 Å². The molecule has 136 valence electrons. The van der Waals surface area contributed by atoms with Crippen LogP contribution in [0.2, 0.25) is 0 Å². The fourth-order valence-electron chi connectivity index (χ4n) is 2.93. The number of non-ortho nitro benzene ring substituents is 1. The van der Waals surface area contributed by atoms with Crippen LogP contribution in [0.3, 0.4) is 0 Å². The Bertz CT molecular complexity index is 445. The smallest absolute Gasteiger partial charge is 0.269 e. The zero-order valence-corrected chi connectivity index (χ0v) is 15.5. The molecule has 4 nitrogen and oxygen atoms in total. The Hall–Kier alpha value is -1.42. The van der Waals surface area contributed by atoms with Gasteiger partial charge in [-0.2, -0.15) is 0 Å². The average Bonchev–Trinajstić information content (AvgIpc) is 2.59. The minimum atomic E-state index is -0.339.